The van der Waals surface area contributed by atoms with E-state index in [0.29, 0.717) is 18.3 Å². The number of hydrogen-bond acceptors (Lipinski definition) is 4. The van der Waals surface area contributed by atoms with Crippen LogP contribution in [0, 0.1) is 55.7 Å². The molecule has 9 atom stereocenters. The van der Waals surface area contributed by atoms with Crippen LogP contribution in [0.1, 0.15) is 146 Å². The Bertz CT molecular complexity index is 1230. The van der Waals surface area contributed by atoms with Gasteiger partial charge in [-0.2, -0.15) is 0 Å². The average Bonchev–Trinajstić information content (AvgIpc) is 2.89. The lowest BCUT2D eigenvalue weighted by molar-refractivity contribution is -0.214. The SMILES string of the molecule is CCC(C)(CC(=O)O)CC(=O)O[C@H]1CC[C@]2(C)[C@H]3CC=C4[C@@H]5CC(C)(C)CC[C@]5(C(=O)O)CC[C@@]4(C)[C@]3(C)CC[C@H]2C1(C)C. The third kappa shape index (κ3) is 4.89. The van der Waals surface area contributed by atoms with Crippen LogP contribution in [0.2, 0.25) is 0 Å². The Labute approximate surface area is 266 Å². The number of fused-ring (bicyclic) bond motifs is 7. The second-order valence-electron chi connectivity index (χ2n) is 18.4. The molecule has 4 saturated carbocycles. The highest BCUT2D eigenvalue weighted by molar-refractivity contribution is 5.76. The van der Waals surface area contributed by atoms with Gasteiger partial charge in [-0.1, -0.05) is 74.0 Å². The lowest BCUT2D eigenvalue weighted by Crippen LogP contribution is -2.65. The minimum atomic E-state index is -0.877. The van der Waals surface area contributed by atoms with E-state index in [0.717, 1.165) is 64.2 Å². The van der Waals surface area contributed by atoms with E-state index in [2.05, 4.69) is 54.5 Å². The monoisotopic (exact) mass is 612 g/mol. The van der Waals surface area contributed by atoms with E-state index in [-0.39, 0.29) is 57.9 Å². The molecule has 5 aliphatic carbocycles. The van der Waals surface area contributed by atoms with Crippen molar-refractivity contribution in [2.45, 2.75) is 152 Å². The van der Waals surface area contributed by atoms with Crippen LogP contribution in [-0.2, 0) is 19.1 Å². The first-order valence-corrected chi connectivity index (χ1v) is 17.5. The lowest BCUT2D eigenvalue weighted by atomic mass is 9.33. The van der Waals surface area contributed by atoms with Crippen molar-refractivity contribution in [1.82, 2.24) is 0 Å². The third-order valence-corrected chi connectivity index (χ3v) is 15.3. The molecule has 0 aromatic rings. The smallest absolute Gasteiger partial charge is 0.310 e. The van der Waals surface area contributed by atoms with Crippen LogP contribution in [0.5, 0.6) is 0 Å². The Kier molecular flexibility index (Phi) is 8.06. The molecule has 0 heterocycles. The standard InChI is InChI=1S/C38H60O6/c1-10-34(6,22-29(39)40)23-30(41)44-28-14-15-35(7)26(33(28,4)5)13-16-37(9)27(35)12-11-24-25-21-32(2,3)17-19-38(25,31(42)43)20-18-36(24,37)8/h11,25-28H,10,12-23H2,1-9H3,(H,39,40)(H,42,43)/t25-,26-,27+,28-,34?,35-,36+,37+,38-/m0/s1. The molecule has 0 radical (unpaired) electrons. The zero-order valence-corrected chi connectivity index (χ0v) is 29.1. The van der Waals surface area contributed by atoms with Crippen LogP contribution < -0.4 is 0 Å². The Morgan fingerprint density at radius 2 is 1.55 bits per heavy atom. The van der Waals surface area contributed by atoms with E-state index in [4.69, 9.17) is 4.74 Å². The fourth-order valence-electron chi connectivity index (χ4n) is 12.0. The summed E-state index contributed by atoms with van der Waals surface area (Å²) in [6.07, 6.45) is 12.6. The summed E-state index contributed by atoms with van der Waals surface area (Å²) in [5.74, 6) is -0.710. The molecule has 0 saturated heterocycles. The van der Waals surface area contributed by atoms with Crippen molar-refractivity contribution in [2.75, 3.05) is 0 Å². The van der Waals surface area contributed by atoms with E-state index in [1.165, 1.54) is 5.57 Å². The topological polar surface area (TPSA) is 101 Å². The van der Waals surface area contributed by atoms with Gasteiger partial charge in [-0.25, -0.2) is 0 Å². The van der Waals surface area contributed by atoms with Crippen molar-refractivity contribution < 1.29 is 29.3 Å². The fourth-order valence-corrected chi connectivity index (χ4v) is 12.0. The van der Waals surface area contributed by atoms with Gasteiger partial charge in [0.1, 0.15) is 6.10 Å². The summed E-state index contributed by atoms with van der Waals surface area (Å²) in [4.78, 5) is 37.6. The Balaban J connectivity index is 1.42. The van der Waals surface area contributed by atoms with Crippen molar-refractivity contribution >= 4 is 17.9 Å². The second-order valence-corrected chi connectivity index (χ2v) is 18.4. The largest absolute Gasteiger partial charge is 0.481 e. The van der Waals surface area contributed by atoms with Crippen molar-refractivity contribution in [3.8, 4) is 0 Å². The van der Waals surface area contributed by atoms with Gasteiger partial charge >= 0.3 is 17.9 Å². The number of hydrogen-bond donors (Lipinski definition) is 2. The maximum absolute atomic E-state index is 13.2. The summed E-state index contributed by atoms with van der Waals surface area (Å²) in [6, 6.07) is 0. The molecule has 2 N–H and O–H groups in total. The molecule has 248 valence electrons. The predicted molar refractivity (Wildman–Crippen MR) is 172 cm³/mol. The van der Waals surface area contributed by atoms with Gasteiger partial charge in [-0.15, -0.1) is 0 Å². The number of carboxylic acids is 2. The van der Waals surface area contributed by atoms with Gasteiger partial charge in [0.15, 0.2) is 0 Å². The van der Waals surface area contributed by atoms with Gasteiger partial charge in [0.25, 0.3) is 0 Å². The molecular weight excluding hydrogens is 552 g/mol. The molecule has 0 spiro atoms. The van der Waals surface area contributed by atoms with Gasteiger partial charge in [0.05, 0.1) is 18.3 Å². The Morgan fingerprint density at radius 3 is 2.16 bits per heavy atom. The number of allylic oxidation sites excluding steroid dienone is 2. The molecule has 5 rings (SSSR count). The van der Waals surface area contributed by atoms with Gasteiger partial charge in [0.2, 0.25) is 0 Å². The molecule has 6 heteroatoms. The van der Waals surface area contributed by atoms with Crippen LogP contribution in [0.15, 0.2) is 11.6 Å². The Morgan fingerprint density at radius 1 is 0.886 bits per heavy atom. The molecule has 0 aromatic carbocycles. The van der Waals surface area contributed by atoms with Crippen LogP contribution in [0.25, 0.3) is 0 Å². The molecule has 6 nitrogen and oxygen atoms in total. The first-order valence-electron chi connectivity index (χ1n) is 17.5. The van der Waals surface area contributed by atoms with Crippen LogP contribution >= 0.6 is 0 Å². The minimum absolute atomic E-state index is 0.0108. The second kappa shape index (κ2) is 10.6. The average molecular weight is 613 g/mol. The van der Waals surface area contributed by atoms with Crippen LogP contribution in [0.3, 0.4) is 0 Å². The summed E-state index contributed by atoms with van der Waals surface area (Å²) in [5, 5.41) is 20.0. The number of ether oxygens (including phenoxy) is 1. The molecular formula is C38H60O6. The first-order chi connectivity index (χ1) is 20.2. The van der Waals surface area contributed by atoms with Gasteiger partial charge in [-0.3, -0.25) is 14.4 Å². The molecule has 1 unspecified atom stereocenters. The molecule has 0 aromatic heterocycles. The predicted octanol–water partition coefficient (Wildman–Crippen LogP) is 9.07. The van der Waals surface area contributed by atoms with Gasteiger partial charge in [0, 0.05) is 5.41 Å². The van der Waals surface area contributed by atoms with E-state index in [9.17, 15) is 24.6 Å². The van der Waals surface area contributed by atoms with Gasteiger partial charge < -0.3 is 14.9 Å². The highest BCUT2D eigenvalue weighted by Gasteiger charge is 2.69. The van der Waals surface area contributed by atoms with E-state index < -0.39 is 22.8 Å². The zero-order chi connectivity index (χ0) is 32.7. The van der Waals surface area contributed by atoms with Crippen molar-refractivity contribution in [3.63, 3.8) is 0 Å². The maximum atomic E-state index is 13.2. The minimum Gasteiger partial charge on any atom is -0.481 e. The molecule has 44 heavy (non-hydrogen) atoms. The highest BCUT2D eigenvalue weighted by Crippen LogP contribution is 2.75. The van der Waals surface area contributed by atoms with Crippen molar-refractivity contribution in [1.29, 1.82) is 0 Å². The molecule has 0 bridgehead atoms. The number of aliphatic carboxylic acids is 2. The summed E-state index contributed by atoms with van der Waals surface area (Å²) in [7, 11) is 0. The summed E-state index contributed by atoms with van der Waals surface area (Å²) in [6.45, 7) is 20.6. The first kappa shape index (κ1) is 33.5. The number of carbonyl (C=O) groups is 3. The zero-order valence-electron chi connectivity index (χ0n) is 29.1. The van der Waals surface area contributed by atoms with E-state index >= 15 is 0 Å². The summed E-state index contributed by atoms with van der Waals surface area (Å²) < 4.78 is 6.26. The fraction of sp³-hybridized carbons (Fsp3) is 0.868. The molecule has 5 aliphatic rings. The van der Waals surface area contributed by atoms with Gasteiger partial charge in [-0.05, 0) is 115 Å². The van der Waals surface area contributed by atoms with Crippen LogP contribution in [-0.4, -0.2) is 34.2 Å². The Hall–Kier alpha value is -1.85. The summed E-state index contributed by atoms with van der Waals surface area (Å²) >= 11 is 0. The lowest BCUT2D eigenvalue weighted by Gasteiger charge is -2.71. The maximum Gasteiger partial charge on any atom is 0.310 e. The highest BCUT2D eigenvalue weighted by atomic mass is 16.5. The number of esters is 1. The molecule has 0 aliphatic heterocycles. The third-order valence-electron chi connectivity index (χ3n) is 15.3. The quantitative estimate of drug-likeness (QED) is 0.220. The van der Waals surface area contributed by atoms with Crippen molar-refractivity contribution in [2.24, 2.45) is 55.7 Å². The molecule has 4 fully saturated rings. The molecule has 0 amide bonds. The number of rotatable bonds is 7. The number of carbonyl (C=O) groups excluding carboxylic acids is 1. The number of carboxylic acid groups (broad SMARTS) is 2. The van der Waals surface area contributed by atoms with Crippen LogP contribution in [0.4, 0.5) is 0 Å². The van der Waals surface area contributed by atoms with Crippen molar-refractivity contribution in [3.05, 3.63) is 11.6 Å². The summed E-state index contributed by atoms with van der Waals surface area (Å²) in [5.41, 5.74) is 0.385. The normalized spacial score (nSPS) is 43.5. The van der Waals surface area contributed by atoms with E-state index in [1.54, 1.807) is 0 Å². The van der Waals surface area contributed by atoms with E-state index in [1.807, 2.05) is 13.8 Å².